The molecule has 2 N–H and O–H groups in total. The van der Waals surface area contributed by atoms with Crippen molar-refractivity contribution < 1.29 is 9.59 Å². The van der Waals surface area contributed by atoms with Crippen LogP contribution in [0.2, 0.25) is 0 Å². The molecule has 2 rings (SSSR count). The van der Waals surface area contributed by atoms with Crippen molar-refractivity contribution in [2.24, 2.45) is 0 Å². The average molecular weight is 261 g/mol. The number of nitrogens with one attached hydrogen (secondary N) is 2. The van der Waals surface area contributed by atoms with Crippen LogP contribution in [0.4, 0.5) is 11.5 Å². The molecule has 0 aromatic carbocycles. The summed E-state index contributed by atoms with van der Waals surface area (Å²) in [7, 11) is 0. The lowest BCUT2D eigenvalue weighted by atomic mass is 10.5. The maximum Gasteiger partial charge on any atom is 0.248 e. The molecule has 0 bridgehead atoms. The molecule has 2 heterocycles. The second-order valence-electron chi connectivity index (χ2n) is 3.62. The van der Waals surface area contributed by atoms with Gasteiger partial charge in [0, 0.05) is 6.92 Å². The second-order valence-corrected chi connectivity index (χ2v) is 3.62. The van der Waals surface area contributed by atoms with Gasteiger partial charge in [0.1, 0.15) is 12.9 Å². The molecule has 98 valence electrons. The van der Waals surface area contributed by atoms with Gasteiger partial charge in [-0.05, 0) is 0 Å². The normalized spacial score (nSPS) is 9.95. The first-order valence-electron chi connectivity index (χ1n) is 5.36. The van der Waals surface area contributed by atoms with Crippen molar-refractivity contribution in [3.05, 3.63) is 24.9 Å². The summed E-state index contributed by atoms with van der Waals surface area (Å²) < 4.78 is 0. The third-order valence-electron chi connectivity index (χ3n) is 1.97. The number of hydrogen-bond acceptors (Lipinski definition) is 6. The highest BCUT2D eigenvalue weighted by Gasteiger charge is 2.07. The Morgan fingerprint density at radius 1 is 1.21 bits per heavy atom. The molecule has 0 aliphatic heterocycles. The topological polar surface area (TPSA) is 115 Å². The van der Waals surface area contributed by atoms with Gasteiger partial charge in [-0.15, -0.1) is 5.10 Å². The highest BCUT2D eigenvalue weighted by atomic mass is 16.2. The van der Waals surface area contributed by atoms with E-state index in [4.69, 9.17) is 0 Å². The van der Waals surface area contributed by atoms with Gasteiger partial charge in [0.15, 0.2) is 5.82 Å². The molecule has 19 heavy (non-hydrogen) atoms. The van der Waals surface area contributed by atoms with E-state index >= 15 is 0 Å². The molecule has 0 aliphatic carbocycles. The molecule has 9 nitrogen and oxygen atoms in total. The number of carbonyl (C=O) groups is 2. The molecule has 0 unspecified atom stereocenters. The van der Waals surface area contributed by atoms with Crippen LogP contribution in [-0.4, -0.2) is 36.8 Å². The minimum Gasteiger partial charge on any atom is -0.322 e. The van der Waals surface area contributed by atoms with Crippen molar-refractivity contribution in [1.29, 1.82) is 0 Å². The fraction of sp³-hybridized carbons (Fsp3) is 0.200. The van der Waals surface area contributed by atoms with Crippen molar-refractivity contribution >= 4 is 23.3 Å². The van der Waals surface area contributed by atoms with E-state index in [-0.39, 0.29) is 18.4 Å². The number of hydrogen-bond donors (Lipinski definition) is 2. The van der Waals surface area contributed by atoms with E-state index in [0.717, 1.165) is 0 Å². The van der Waals surface area contributed by atoms with Crippen molar-refractivity contribution in [3.8, 4) is 0 Å². The standard InChI is InChI=1S/C10H11N7O2/c1-7(18)14-9-4-13-17(16-9)5-10(19)15-8-2-11-6-12-3-8/h2-4,6H,5H2,1H3,(H,15,19)(H,14,16,18). The Kier molecular flexibility index (Phi) is 3.76. The van der Waals surface area contributed by atoms with Gasteiger partial charge < -0.3 is 10.6 Å². The smallest absolute Gasteiger partial charge is 0.248 e. The van der Waals surface area contributed by atoms with E-state index in [1.807, 2.05) is 0 Å². The van der Waals surface area contributed by atoms with E-state index < -0.39 is 0 Å². The molecule has 0 saturated heterocycles. The quantitative estimate of drug-likeness (QED) is 0.778. The van der Waals surface area contributed by atoms with Gasteiger partial charge in [0.25, 0.3) is 0 Å². The number of carbonyl (C=O) groups excluding carboxylic acids is 2. The van der Waals surface area contributed by atoms with Crippen LogP contribution < -0.4 is 10.6 Å². The van der Waals surface area contributed by atoms with Crippen LogP contribution in [-0.2, 0) is 16.1 Å². The minimum absolute atomic E-state index is 0.0749. The van der Waals surface area contributed by atoms with Gasteiger partial charge in [-0.25, -0.2) is 9.97 Å². The summed E-state index contributed by atoms with van der Waals surface area (Å²) in [5.74, 6) is -0.277. The molecular formula is C10H11N7O2. The summed E-state index contributed by atoms with van der Waals surface area (Å²) in [6, 6.07) is 0. The second kappa shape index (κ2) is 5.67. The Bertz CT molecular complexity index is 581. The van der Waals surface area contributed by atoms with Gasteiger partial charge in [0.05, 0.1) is 24.3 Å². The largest absolute Gasteiger partial charge is 0.322 e. The van der Waals surface area contributed by atoms with Crippen LogP contribution in [0.1, 0.15) is 6.92 Å². The summed E-state index contributed by atoms with van der Waals surface area (Å²) in [5.41, 5.74) is 0.488. The van der Waals surface area contributed by atoms with Crippen molar-refractivity contribution in [2.75, 3.05) is 10.6 Å². The molecule has 0 atom stereocenters. The molecule has 2 amide bonds. The number of rotatable bonds is 4. The molecule has 0 aliphatic rings. The van der Waals surface area contributed by atoms with Crippen LogP contribution >= 0.6 is 0 Å². The number of nitrogens with zero attached hydrogens (tertiary/aromatic N) is 5. The van der Waals surface area contributed by atoms with E-state index in [1.165, 1.54) is 36.6 Å². The molecular weight excluding hydrogens is 250 g/mol. The van der Waals surface area contributed by atoms with Gasteiger partial charge in [-0.3, -0.25) is 9.59 Å². The fourth-order valence-electron chi connectivity index (χ4n) is 1.30. The molecule has 9 heteroatoms. The van der Waals surface area contributed by atoms with Crippen LogP contribution in [0.3, 0.4) is 0 Å². The zero-order valence-electron chi connectivity index (χ0n) is 10.1. The Balaban J connectivity index is 1.92. The van der Waals surface area contributed by atoms with Crippen molar-refractivity contribution in [2.45, 2.75) is 13.5 Å². The summed E-state index contributed by atoms with van der Waals surface area (Å²) in [6.45, 7) is 1.29. The van der Waals surface area contributed by atoms with Crippen LogP contribution in [0.25, 0.3) is 0 Å². The SMILES string of the molecule is CC(=O)Nc1cnn(CC(=O)Nc2cncnc2)n1. The van der Waals surface area contributed by atoms with Gasteiger partial charge in [0.2, 0.25) is 11.8 Å². The van der Waals surface area contributed by atoms with Crippen molar-refractivity contribution in [1.82, 2.24) is 25.0 Å². The maximum absolute atomic E-state index is 11.7. The Hall–Kier alpha value is -2.84. The molecule has 2 aromatic rings. The average Bonchev–Trinajstić information content (AvgIpc) is 2.76. The van der Waals surface area contributed by atoms with Crippen LogP contribution in [0, 0.1) is 0 Å². The molecule has 2 aromatic heterocycles. The Morgan fingerprint density at radius 3 is 2.63 bits per heavy atom. The summed E-state index contributed by atoms with van der Waals surface area (Å²) in [6.07, 6.45) is 5.68. The third kappa shape index (κ3) is 3.84. The number of anilines is 2. The number of aromatic nitrogens is 5. The van der Waals surface area contributed by atoms with E-state index in [0.29, 0.717) is 11.5 Å². The van der Waals surface area contributed by atoms with E-state index in [2.05, 4.69) is 30.8 Å². The van der Waals surface area contributed by atoms with E-state index in [9.17, 15) is 9.59 Å². The highest BCUT2D eigenvalue weighted by Crippen LogP contribution is 2.02. The van der Waals surface area contributed by atoms with Gasteiger partial charge in [-0.1, -0.05) is 0 Å². The first kappa shape index (κ1) is 12.6. The molecule has 0 spiro atoms. The third-order valence-corrected chi connectivity index (χ3v) is 1.97. The Labute approximate surface area is 108 Å². The van der Waals surface area contributed by atoms with E-state index in [1.54, 1.807) is 0 Å². The first-order chi connectivity index (χ1) is 9.13. The van der Waals surface area contributed by atoms with Crippen LogP contribution in [0.5, 0.6) is 0 Å². The minimum atomic E-state index is -0.320. The lowest BCUT2D eigenvalue weighted by Crippen LogP contribution is -2.20. The summed E-state index contributed by atoms with van der Waals surface area (Å²) >= 11 is 0. The Morgan fingerprint density at radius 2 is 1.95 bits per heavy atom. The summed E-state index contributed by atoms with van der Waals surface area (Å²) in [4.78, 5) is 31.2. The predicted octanol–water partition coefficient (Wildman–Crippen LogP) is -0.335. The monoisotopic (exact) mass is 261 g/mol. The maximum atomic E-state index is 11.7. The zero-order chi connectivity index (χ0) is 13.7. The number of amides is 2. The zero-order valence-corrected chi connectivity index (χ0v) is 10.1. The highest BCUT2D eigenvalue weighted by molar-refractivity contribution is 5.90. The lowest BCUT2D eigenvalue weighted by molar-refractivity contribution is -0.117. The summed E-state index contributed by atoms with van der Waals surface area (Å²) in [5, 5.41) is 12.8. The molecule has 0 saturated carbocycles. The lowest BCUT2D eigenvalue weighted by Gasteiger charge is -2.02. The van der Waals surface area contributed by atoms with Gasteiger partial charge in [-0.2, -0.15) is 9.90 Å². The predicted molar refractivity (Wildman–Crippen MR) is 65.0 cm³/mol. The van der Waals surface area contributed by atoms with Crippen molar-refractivity contribution in [3.63, 3.8) is 0 Å². The molecule has 0 radical (unpaired) electrons. The van der Waals surface area contributed by atoms with Crippen LogP contribution in [0.15, 0.2) is 24.9 Å². The molecule has 0 fully saturated rings. The fourth-order valence-corrected chi connectivity index (χ4v) is 1.30. The van der Waals surface area contributed by atoms with Gasteiger partial charge >= 0.3 is 0 Å². The first-order valence-corrected chi connectivity index (χ1v) is 5.36.